The topological polar surface area (TPSA) is 27.7 Å². The van der Waals surface area contributed by atoms with Crippen LogP contribution in [-0.2, 0) is 0 Å². The van der Waals surface area contributed by atoms with E-state index in [2.05, 4.69) is 15.9 Å². The summed E-state index contributed by atoms with van der Waals surface area (Å²) in [4.78, 5) is 0. The zero-order valence-corrected chi connectivity index (χ0v) is 13.6. The number of hydrogen-bond donors (Lipinski definition) is 0. The minimum atomic E-state index is 0.611. The van der Waals surface area contributed by atoms with Crippen molar-refractivity contribution in [1.82, 2.24) is 0 Å². The highest BCUT2D eigenvalue weighted by Crippen LogP contribution is 2.24. The third-order valence-corrected chi connectivity index (χ3v) is 3.42. The lowest BCUT2D eigenvalue weighted by molar-refractivity contribution is 0.245. The summed E-state index contributed by atoms with van der Waals surface area (Å²) in [5.74, 6) is 2.51. The number of para-hydroxylation sites is 1. The fraction of sp³-hybridized carbons (Fsp3) is 0.294. The molecule has 0 aliphatic carbocycles. The minimum Gasteiger partial charge on any atom is -0.494 e. The van der Waals surface area contributed by atoms with Gasteiger partial charge in [0.1, 0.15) is 17.2 Å². The standard InChI is InChI=1S/C17H19BrO3/c1-2-19-14-7-5-8-15(13-14)20-11-6-12-21-17-10-4-3-9-16(17)18/h3-5,7-10,13H,2,6,11-12H2,1H3. The Kier molecular flexibility index (Phi) is 6.41. The van der Waals surface area contributed by atoms with Crippen LogP contribution in [0.3, 0.4) is 0 Å². The maximum atomic E-state index is 5.69. The summed E-state index contributed by atoms with van der Waals surface area (Å²) >= 11 is 3.45. The molecule has 21 heavy (non-hydrogen) atoms. The fourth-order valence-corrected chi connectivity index (χ4v) is 2.21. The van der Waals surface area contributed by atoms with E-state index in [1.54, 1.807) is 0 Å². The normalized spacial score (nSPS) is 10.2. The van der Waals surface area contributed by atoms with Gasteiger partial charge in [-0.3, -0.25) is 0 Å². The van der Waals surface area contributed by atoms with E-state index in [0.717, 1.165) is 28.1 Å². The molecule has 0 fully saturated rings. The van der Waals surface area contributed by atoms with Crippen molar-refractivity contribution >= 4 is 15.9 Å². The fourth-order valence-electron chi connectivity index (χ4n) is 1.81. The van der Waals surface area contributed by atoms with Gasteiger partial charge in [0.05, 0.1) is 24.3 Å². The van der Waals surface area contributed by atoms with Crippen molar-refractivity contribution in [2.75, 3.05) is 19.8 Å². The Morgan fingerprint density at radius 2 is 1.57 bits per heavy atom. The largest absolute Gasteiger partial charge is 0.494 e. The van der Waals surface area contributed by atoms with Crippen LogP contribution in [-0.4, -0.2) is 19.8 Å². The van der Waals surface area contributed by atoms with Crippen LogP contribution in [0.5, 0.6) is 17.2 Å². The quantitative estimate of drug-likeness (QED) is 0.646. The monoisotopic (exact) mass is 350 g/mol. The number of ether oxygens (including phenoxy) is 3. The molecular weight excluding hydrogens is 332 g/mol. The summed E-state index contributed by atoms with van der Waals surface area (Å²) in [7, 11) is 0. The molecular formula is C17H19BrO3. The van der Waals surface area contributed by atoms with Gasteiger partial charge in [0.2, 0.25) is 0 Å². The van der Waals surface area contributed by atoms with Crippen LogP contribution < -0.4 is 14.2 Å². The van der Waals surface area contributed by atoms with Gasteiger partial charge in [-0.05, 0) is 47.1 Å². The first-order valence-corrected chi connectivity index (χ1v) is 7.82. The Balaban J connectivity index is 1.70. The van der Waals surface area contributed by atoms with E-state index in [1.807, 2.05) is 55.5 Å². The van der Waals surface area contributed by atoms with Crippen molar-refractivity contribution in [3.8, 4) is 17.2 Å². The first-order valence-electron chi connectivity index (χ1n) is 7.02. The lowest BCUT2D eigenvalue weighted by atomic mass is 10.3. The zero-order valence-electron chi connectivity index (χ0n) is 12.0. The molecule has 0 N–H and O–H groups in total. The molecule has 0 heterocycles. The molecule has 0 radical (unpaired) electrons. The third-order valence-electron chi connectivity index (χ3n) is 2.77. The lowest BCUT2D eigenvalue weighted by Gasteiger charge is -2.10. The summed E-state index contributed by atoms with van der Waals surface area (Å²) in [5.41, 5.74) is 0. The molecule has 0 saturated heterocycles. The summed E-state index contributed by atoms with van der Waals surface area (Å²) in [6, 6.07) is 15.5. The van der Waals surface area contributed by atoms with Crippen LogP contribution in [0, 0.1) is 0 Å². The maximum absolute atomic E-state index is 5.69. The Bertz CT molecular complexity index is 557. The predicted octanol–water partition coefficient (Wildman–Crippen LogP) is 4.70. The summed E-state index contributed by atoms with van der Waals surface area (Å²) in [6.07, 6.45) is 0.820. The second-order valence-electron chi connectivity index (χ2n) is 4.39. The number of benzene rings is 2. The van der Waals surface area contributed by atoms with Crippen LogP contribution in [0.15, 0.2) is 53.0 Å². The molecule has 112 valence electrons. The van der Waals surface area contributed by atoms with Crippen LogP contribution >= 0.6 is 15.9 Å². The van der Waals surface area contributed by atoms with Crippen LogP contribution in [0.1, 0.15) is 13.3 Å². The first kappa shape index (κ1) is 15.7. The number of rotatable bonds is 8. The Hall–Kier alpha value is -1.68. The smallest absolute Gasteiger partial charge is 0.133 e. The molecule has 0 aliphatic heterocycles. The predicted molar refractivity (Wildman–Crippen MR) is 87.4 cm³/mol. The van der Waals surface area contributed by atoms with Crippen LogP contribution in [0.4, 0.5) is 0 Å². The van der Waals surface area contributed by atoms with Crippen molar-refractivity contribution in [3.63, 3.8) is 0 Å². The second-order valence-corrected chi connectivity index (χ2v) is 5.24. The molecule has 4 heteroatoms. The van der Waals surface area contributed by atoms with Crippen molar-refractivity contribution in [2.24, 2.45) is 0 Å². The van der Waals surface area contributed by atoms with Gasteiger partial charge in [0.15, 0.2) is 0 Å². The molecule has 3 nitrogen and oxygen atoms in total. The van der Waals surface area contributed by atoms with Crippen LogP contribution in [0.2, 0.25) is 0 Å². The van der Waals surface area contributed by atoms with Gasteiger partial charge < -0.3 is 14.2 Å². The summed E-state index contributed by atoms with van der Waals surface area (Å²) < 4.78 is 17.8. The highest BCUT2D eigenvalue weighted by molar-refractivity contribution is 9.10. The van der Waals surface area contributed by atoms with Gasteiger partial charge in [0, 0.05) is 12.5 Å². The molecule has 2 rings (SSSR count). The van der Waals surface area contributed by atoms with Gasteiger partial charge in [0.25, 0.3) is 0 Å². The number of hydrogen-bond acceptors (Lipinski definition) is 3. The highest BCUT2D eigenvalue weighted by Gasteiger charge is 2.00. The van der Waals surface area contributed by atoms with E-state index < -0.39 is 0 Å². The van der Waals surface area contributed by atoms with E-state index in [9.17, 15) is 0 Å². The van der Waals surface area contributed by atoms with Gasteiger partial charge in [-0.15, -0.1) is 0 Å². The molecule has 0 unspecified atom stereocenters. The molecule has 0 bridgehead atoms. The van der Waals surface area contributed by atoms with Crippen molar-refractivity contribution in [3.05, 3.63) is 53.0 Å². The Morgan fingerprint density at radius 1 is 0.857 bits per heavy atom. The van der Waals surface area contributed by atoms with Gasteiger partial charge in [-0.1, -0.05) is 18.2 Å². The molecule has 2 aromatic carbocycles. The molecule has 0 saturated carbocycles. The Labute approximate surface area is 134 Å². The summed E-state index contributed by atoms with van der Waals surface area (Å²) in [5, 5.41) is 0. The molecule has 0 amide bonds. The average Bonchev–Trinajstić information content (AvgIpc) is 2.49. The van der Waals surface area contributed by atoms with Crippen molar-refractivity contribution in [1.29, 1.82) is 0 Å². The highest BCUT2D eigenvalue weighted by atomic mass is 79.9. The Morgan fingerprint density at radius 3 is 2.33 bits per heavy atom. The number of halogens is 1. The van der Waals surface area contributed by atoms with E-state index in [4.69, 9.17) is 14.2 Å². The first-order chi connectivity index (χ1) is 10.3. The van der Waals surface area contributed by atoms with E-state index in [1.165, 1.54) is 0 Å². The molecule has 0 aromatic heterocycles. The van der Waals surface area contributed by atoms with Crippen LogP contribution in [0.25, 0.3) is 0 Å². The maximum Gasteiger partial charge on any atom is 0.133 e. The minimum absolute atomic E-state index is 0.611. The summed E-state index contributed by atoms with van der Waals surface area (Å²) in [6.45, 7) is 3.85. The second kappa shape index (κ2) is 8.57. The average molecular weight is 351 g/mol. The zero-order chi connectivity index (χ0) is 14.9. The molecule has 2 aromatic rings. The SMILES string of the molecule is CCOc1cccc(OCCCOc2ccccc2Br)c1. The molecule has 0 spiro atoms. The van der Waals surface area contributed by atoms with E-state index >= 15 is 0 Å². The lowest BCUT2D eigenvalue weighted by Crippen LogP contribution is -2.05. The molecule has 0 atom stereocenters. The molecule has 0 aliphatic rings. The van der Waals surface area contributed by atoms with Crippen molar-refractivity contribution in [2.45, 2.75) is 13.3 Å². The van der Waals surface area contributed by atoms with E-state index in [0.29, 0.717) is 19.8 Å². The van der Waals surface area contributed by atoms with Gasteiger partial charge >= 0.3 is 0 Å². The third kappa shape index (κ3) is 5.31. The van der Waals surface area contributed by atoms with Gasteiger partial charge in [-0.2, -0.15) is 0 Å². The van der Waals surface area contributed by atoms with Crippen molar-refractivity contribution < 1.29 is 14.2 Å². The van der Waals surface area contributed by atoms with E-state index in [-0.39, 0.29) is 0 Å². The van der Waals surface area contributed by atoms with Gasteiger partial charge in [-0.25, -0.2) is 0 Å².